The zero-order valence-electron chi connectivity index (χ0n) is 10.4. The van der Waals surface area contributed by atoms with Crippen LogP contribution in [0.5, 0.6) is 5.75 Å². The average Bonchev–Trinajstić information content (AvgIpc) is 2.35. The van der Waals surface area contributed by atoms with Crippen molar-refractivity contribution in [3.8, 4) is 5.75 Å². The second kappa shape index (κ2) is 6.25. The fourth-order valence-electron chi connectivity index (χ4n) is 1.48. The normalized spacial score (nSPS) is 12.2. The molecule has 4 heteroatoms. The molecule has 0 bridgehead atoms. The lowest BCUT2D eigenvalue weighted by molar-refractivity contribution is -0.118. The Morgan fingerprint density at radius 3 is 2.53 bits per heavy atom. The molecular formula is C13H20N2O2. The molecule has 0 radical (unpaired) electrons. The van der Waals surface area contributed by atoms with Crippen LogP contribution in [-0.4, -0.2) is 24.6 Å². The number of benzene rings is 1. The Labute approximate surface area is 102 Å². The summed E-state index contributed by atoms with van der Waals surface area (Å²) in [6, 6.07) is 6.59. The number of nitrogens with two attached hydrogens (primary N) is 1. The number of nitrogens with zero attached hydrogens (tertiary/aromatic N) is 1. The smallest absolute Gasteiger partial charge is 0.226 e. The Hall–Kier alpha value is -1.55. The van der Waals surface area contributed by atoms with E-state index in [2.05, 4.69) is 0 Å². The van der Waals surface area contributed by atoms with Crippen LogP contribution < -0.4 is 10.6 Å². The summed E-state index contributed by atoms with van der Waals surface area (Å²) in [5.41, 5.74) is 6.29. The number of amides is 1. The zero-order chi connectivity index (χ0) is 12.8. The number of hydrogen-bond acceptors (Lipinski definition) is 3. The summed E-state index contributed by atoms with van der Waals surface area (Å²) in [6.45, 7) is 2.64. The van der Waals surface area contributed by atoms with Crippen LogP contribution in [0, 0.1) is 5.92 Å². The Balaban J connectivity index is 2.54. The fourth-order valence-corrected chi connectivity index (χ4v) is 1.48. The van der Waals surface area contributed by atoms with Gasteiger partial charge in [-0.1, -0.05) is 6.92 Å². The molecule has 1 aromatic rings. The van der Waals surface area contributed by atoms with E-state index >= 15 is 0 Å². The molecule has 1 atom stereocenters. The Kier molecular flexibility index (Phi) is 4.97. The van der Waals surface area contributed by atoms with Crippen molar-refractivity contribution in [3.05, 3.63) is 24.3 Å². The van der Waals surface area contributed by atoms with Crippen LogP contribution in [0.2, 0.25) is 0 Å². The van der Waals surface area contributed by atoms with Gasteiger partial charge in [-0.15, -0.1) is 0 Å². The van der Waals surface area contributed by atoms with E-state index in [1.165, 1.54) is 0 Å². The molecule has 94 valence electrons. The van der Waals surface area contributed by atoms with E-state index in [1.54, 1.807) is 36.2 Å². The molecule has 4 nitrogen and oxygen atoms in total. The third-order valence-electron chi connectivity index (χ3n) is 2.86. The number of carbonyl (C=O) groups is 1. The number of hydrogen-bond donors (Lipinski definition) is 2. The van der Waals surface area contributed by atoms with E-state index in [-0.39, 0.29) is 11.7 Å². The molecule has 0 spiro atoms. The van der Waals surface area contributed by atoms with Crippen LogP contribution in [0.4, 0.5) is 5.69 Å². The second-order valence-corrected chi connectivity index (χ2v) is 4.35. The van der Waals surface area contributed by atoms with Gasteiger partial charge in [-0.3, -0.25) is 4.79 Å². The van der Waals surface area contributed by atoms with Crippen molar-refractivity contribution in [2.24, 2.45) is 11.7 Å². The first kappa shape index (κ1) is 13.5. The van der Waals surface area contributed by atoms with E-state index in [4.69, 9.17) is 10.8 Å². The van der Waals surface area contributed by atoms with Crippen molar-refractivity contribution in [2.45, 2.75) is 19.8 Å². The topological polar surface area (TPSA) is 66.6 Å². The summed E-state index contributed by atoms with van der Waals surface area (Å²) in [5, 5.41) is 9.17. The lowest BCUT2D eigenvalue weighted by atomic mass is 10.1. The molecule has 0 aliphatic rings. The van der Waals surface area contributed by atoms with Gasteiger partial charge in [0.1, 0.15) is 5.75 Å². The predicted octanol–water partition coefficient (Wildman–Crippen LogP) is 1.73. The van der Waals surface area contributed by atoms with Crippen LogP contribution in [0.15, 0.2) is 24.3 Å². The van der Waals surface area contributed by atoms with Crippen LogP contribution >= 0.6 is 0 Å². The third-order valence-corrected chi connectivity index (χ3v) is 2.86. The second-order valence-electron chi connectivity index (χ2n) is 4.35. The number of rotatable bonds is 5. The SMILES string of the molecule is CC(CN)CCC(=O)N(C)c1ccc(O)cc1. The van der Waals surface area contributed by atoms with Gasteiger partial charge in [0.2, 0.25) is 5.91 Å². The number of aromatic hydroxyl groups is 1. The summed E-state index contributed by atoms with van der Waals surface area (Å²) in [5.74, 6) is 0.634. The van der Waals surface area contributed by atoms with Crippen molar-refractivity contribution in [3.63, 3.8) is 0 Å². The molecule has 0 aliphatic heterocycles. The molecule has 17 heavy (non-hydrogen) atoms. The monoisotopic (exact) mass is 236 g/mol. The molecule has 0 saturated carbocycles. The quantitative estimate of drug-likeness (QED) is 0.818. The molecule has 1 aromatic carbocycles. The molecule has 0 fully saturated rings. The lowest BCUT2D eigenvalue weighted by Gasteiger charge is -2.18. The van der Waals surface area contributed by atoms with E-state index < -0.39 is 0 Å². The van der Waals surface area contributed by atoms with Crippen molar-refractivity contribution in [1.82, 2.24) is 0 Å². The van der Waals surface area contributed by atoms with Crippen molar-refractivity contribution < 1.29 is 9.90 Å². The van der Waals surface area contributed by atoms with E-state index in [1.807, 2.05) is 6.92 Å². The largest absolute Gasteiger partial charge is 0.508 e. The van der Waals surface area contributed by atoms with Gasteiger partial charge in [0.15, 0.2) is 0 Å². The summed E-state index contributed by atoms with van der Waals surface area (Å²) in [4.78, 5) is 13.5. The molecule has 0 saturated heterocycles. The molecule has 1 unspecified atom stereocenters. The van der Waals surface area contributed by atoms with E-state index in [9.17, 15) is 4.79 Å². The van der Waals surface area contributed by atoms with E-state index in [0.29, 0.717) is 18.9 Å². The maximum Gasteiger partial charge on any atom is 0.226 e. The van der Waals surface area contributed by atoms with Gasteiger partial charge in [-0.2, -0.15) is 0 Å². The van der Waals surface area contributed by atoms with E-state index in [0.717, 1.165) is 12.1 Å². The van der Waals surface area contributed by atoms with Crippen molar-refractivity contribution in [1.29, 1.82) is 0 Å². The summed E-state index contributed by atoms with van der Waals surface area (Å²) in [7, 11) is 1.74. The molecule has 1 rings (SSSR count). The molecule has 1 amide bonds. The minimum atomic E-state index is 0.0657. The summed E-state index contributed by atoms with van der Waals surface area (Å²) in [6.07, 6.45) is 1.30. The van der Waals surface area contributed by atoms with Crippen LogP contribution in [0.1, 0.15) is 19.8 Å². The highest BCUT2D eigenvalue weighted by Gasteiger charge is 2.12. The minimum absolute atomic E-state index is 0.0657. The van der Waals surface area contributed by atoms with Gasteiger partial charge in [0.25, 0.3) is 0 Å². The molecule has 0 aliphatic carbocycles. The third kappa shape index (κ3) is 4.07. The Bertz CT molecular complexity index is 362. The summed E-state index contributed by atoms with van der Waals surface area (Å²) >= 11 is 0. The summed E-state index contributed by atoms with van der Waals surface area (Å²) < 4.78 is 0. The lowest BCUT2D eigenvalue weighted by Crippen LogP contribution is -2.26. The number of carbonyl (C=O) groups excluding carboxylic acids is 1. The van der Waals surface area contributed by atoms with Crippen LogP contribution in [0.25, 0.3) is 0 Å². The van der Waals surface area contributed by atoms with Gasteiger partial charge >= 0.3 is 0 Å². The van der Waals surface area contributed by atoms with Gasteiger partial charge in [0.05, 0.1) is 0 Å². The highest BCUT2D eigenvalue weighted by Crippen LogP contribution is 2.18. The van der Waals surface area contributed by atoms with Crippen molar-refractivity contribution >= 4 is 11.6 Å². The molecule has 0 aromatic heterocycles. The van der Waals surface area contributed by atoms with Crippen LogP contribution in [-0.2, 0) is 4.79 Å². The maximum atomic E-state index is 11.9. The van der Waals surface area contributed by atoms with Gasteiger partial charge < -0.3 is 15.7 Å². The molecule has 0 heterocycles. The molecule has 3 N–H and O–H groups in total. The van der Waals surface area contributed by atoms with Crippen molar-refractivity contribution in [2.75, 3.05) is 18.5 Å². The standard InChI is InChI=1S/C13H20N2O2/c1-10(9-14)3-8-13(17)15(2)11-4-6-12(16)7-5-11/h4-7,10,16H,3,8-9,14H2,1-2H3. The van der Waals surface area contributed by atoms with Crippen LogP contribution in [0.3, 0.4) is 0 Å². The number of phenols is 1. The predicted molar refractivity (Wildman–Crippen MR) is 69.0 cm³/mol. The van der Waals surface area contributed by atoms with Gasteiger partial charge in [-0.05, 0) is 43.1 Å². The first-order chi connectivity index (χ1) is 8.04. The first-order valence-corrected chi connectivity index (χ1v) is 5.80. The number of phenolic OH excluding ortho intramolecular Hbond substituents is 1. The first-order valence-electron chi connectivity index (χ1n) is 5.80. The fraction of sp³-hybridized carbons (Fsp3) is 0.462. The highest BCUT2D eigenvalue weighted by atomic mass is 16.3. The maximum absolute atomic E-state index is 11.9. The average molecular weight is 236 g/mol. The highest BCUT2D eigenvalue weighted by molar-refractivity contribution is 5.92. The minimum Gasteiger partial charge on any atom is -0.508 e. The van der Waals surface area contributed by atoms with Gasteiger partial charge in [0, 0.05) is 19.2 Å². The molecular weight excluding hydrogens is 216 g/mol. The zero-order valence-corrected chi connectivity index (χ0v) is 10.4. The Morgan fingerprint density at radius 1 is 1.41 bits per heavy atom. The number of anilines is 1. The van der Waals surface area contributed by atoms with Gasteiger partial charge in [-0.25, -0.2) is 0 Å². The Morgan fingerprint density at radius 2 is 2.00 bits per heavy atom.